The van der Waals surface area contributed by atoms with E-state index < -0.39 is 0 Å². The van der Waals surface area contributed by atoms with Crippen LogP contribution in [0.5, 0.6) is 0 Å². The molecule has 10 heteroatoms. The maximum atomic E-state index is 4.65. The summed E-state index contributed by atoms with van der Waals surface area (Å²) in [5, 5.41) is 7.36. The zero-order valence-electron chi connectivity index (χ0n) is 24.1. The molecule has 0 saturated carbocycles. The Morgan fingerprint density at radius 1 is 0.800 bits per heavy atom. The number of aryl methyl sites for hydroxylation is 4. The van der Waals surface area contributed by atoms with Crippen LogP contribution in [0.4, 0.5) is 0 Å². The van der Waals surface area contributed by atoms with E-state index in [1.165, 1.54) is 23.7 Å². The third-order valence-electron chi connectivity index (χ3n) is 3.91. The minimum Gasteiger partial charge on any atom is -0.587 e. The Balaban J connectivity index is 0. The van der Waals surface area contributed by atoms with E-state index in [1.54, 1.807) is 50.3 Å². The van der Waals surface area contributed by atoms with E-state index in [2.05, 4.69) is 70.9 Å². The number of hydrogen-bond acceptors (Lipinski definition) is 9. The zero-order valence-corrected chi connectivity index (χ0v) is 27.0. The van der Waals surface area contributed by atoms with Crippen LogP contribution in [0.3, 0.4) is 0 Å². The average Bonchev–Trinajstić information content (AvgIpc) is 3.44. The first-order chi connectivity index (χ1) is 18.9. The van der Waals surface area contributed by atoms with E-state index in [-0.39, 0.29) is 32.7 Å². The molecule has 4 aromatic heterocycles. The van der Waals surface area contributed by atoms with Gasteiger partial charge in [0.15, 0.2) is 0 Å². The molecule has 5 rings (SSSR count). The molecule has 0 bridgehead atoms. The zero-order chi connectivity index (χ0) is 29.0. The summed E-state index contributed by atoms with van der Waals surface area (Å²) in [7, 11) is 0. The second-order valence-electron chi connectivity index (χ2n) is 7.67. The molecule has 0 N–H and O–H groups in total. The maximum absolute atomic E-state index is 4.65. The summed E-state index contributed by atoms with van der Waals surface area (Å²) < 4.78 is 0. The average molecular weight is 613 g/mol. The molecule has 5 heterocycles. The van der Waals surface area contributed by atoms with Crippen LogP contribution in [-0.2, 0) is 32.7 Å². The molecule has 207 valence electrons. The van der Waals surface area contributed by atoms with Crippen molar-refractivity contribution < 1.29 is 32.7 Å². The van der Waals surface area contributed by atoms with Crippen molar-refractivity contribution >= 4 is 12.9 Å². The van der Waals surface area contributed by atoms with E-state index in [4.69, 9.17) is 0 Å². The van der Waals surface area contributed by atoms with Gasteiger partial charge in [-0.15, -0.1) is 0 Å². The van der Waals surface area contributed by atoms with Gasteiger partial charge in [0.05, 0.1) is 17.9 Å². The fourth-order valence-corrected chi connectivity index (χ4v) is 2.09. The monoisotopic (exact) mass is 612 g/mol. The van der Waals surface area contributed by atoms with E-state index in [0.717, 1.165) is 23.5 Å². The van der Waals surface area contributed by atoms with Crippen LogP contribution < -0.4 is 0 Å². The van der Waals surface area contributed by atoms with Crippen LogP contribution in [0.2, 0.25) is 0 Å². The van der Waals surface area contributed by atoms with Crippen molar-refractivity contribution in [1.82, 2.24) is 35.1 Å². The van der Waals surface area contributed by atoms with Gasteiger partial charge in [-0.25, -0.2) is 16.9 Å². The van der Waals surface area contributed by atoms with Crippen molar-refractivity contribution in [3.63, 3.8) is 0 Å². The summed E-state index contributed by atoms with van der Waals surface area (Å²) in [6.07, 6.45) is 23.4. The van der Waals surface area contributed by atoms with Crippen LogP contribution in [0, 0.1) is 33.8 Å². The van der Waals surface area contributed by atoms with E-state index in [0.29, 0.717) is 0 Å². The van der Waals surface area contributed by atoms with Crippen molar-refractivity contribution in [1.29, 1.82) is 0 Å². The Kier molecular flexibility index (Phi) is 27.2. The molecule has 4 aromatic rings. The molecule has 1 aliphatic heterocycles. The molecule has 0 atom stereocenters. The van der Waals surface area contributed by atoms with Gasteiger partial charge in [0.1, 0.15) is 6.33 Å². The molecule has 0 aliphatic carbocycles. The molecule has 0 unspecified atom stereocenters. The molecule has 0 amide bonds. The number of nitrogens with zero attached hydrogens (tertiary/aromatic N) is 9. The quantitative estimate of drug-likeness (QED) is 0.201. The van der Waals surface area contributed by atoms with Gasteiger partial charge < -0.3 is 17.3 Å². The Labute approximate surface area is 264 Å². The van der Waals surface area contributed by atoms with Crippen LogP contribution in [-0.4, -0.2) is 54.6 Å². The van der Waals surface area contributed by atoms with Crippen molar-refractivity contribution in [2.45, 2.75) is 41.5 Å². The summed E-state index contributed by atoms with van der Waals surface area (Å²) in [5.74, 6) is 0. The van der Waals surface area contributed by atoms with Crippen LogP contribution in [0.1, 0.15) is 36.4 Å². The van der Waals surface area contributed by atoms with E-state index in [1.807, 2.05) is 64.4 Å². The topological polar surface area (TPSA) is 115 Å². The van der Waals surface area contributed by atoms with Crippen LogP contribution >= 0.6 is 0 Å². The van der Waals surface area contributed by atoms with Gasteiger partial charge in [-0.1, -0.05) is 12.1 Å². The first kappa shape index (κ1) is 38.5. The minimum absolute atomic E-state index is 0. The number of allylic oxidation sites excluding steroid dienone is 2. The summed E-state index contributed by atoms with van der Waals surface area (Å²) in [4.78, 5) is 26.2. The second-order valence-corrected chi connectivity index (χ2v) is 7.67. The predicted octanol–water partition coefficient (Wildman–Crippen LogP) is 5.66. The number of aliphatic imine (C=N–C) groups is 2. The minimum atomic E-state index is 0. The molecule has 9 nitrogen and oxygen atoms in total. The summed E-state index contributed by atoms with van der Waals surface area (Å²) >= 11 is 0. The molecular weight excluding hydrogens is 575 g/mol. The first-order valence-electron chi connectivity index (χ1n) is 12.0. The van der Waals surface area contributed by atoms with E-state index >= 15 is 0 Å². The normalized spacial score (nSPS) is 10.0. The second kappa shape index (κ2) is 28.3. The van der Waals surface area contributed by atoms with Gasteiger partial charge in [-0.2, -0.15) is 16.9 Å². The summed E-state index contributed by atoms with van der Waals surface area (Å²) in [6.45, 7) is 17.1. The molecule has 0 aromatic carbocycles. The molecule has 1 radical (unpaired) electrons. The van der Waals surface area contributed by atoms with Crippen molar-refractivity contribution in [2.75, 3.05) is 6.54 Å². The van der Waals surface area contributed by atoms with E-state index in [9.17, 15) is 0 Å². The standard InChI is InChI=1S/C6H7N.3C5H6N2.C5H7N.C4H5N.Y/c1-6-3-2-4-7-5-6;1-5-2-6-4-7-3-5;1-5-4-6-2-3-7-5;1-5-3-2-4-6-7-5;1-5-2-3-6-4-5;1-3-4-5-2;/h2-5H,1H3;3*2-4H,1H3;2,4H,3H2,1H3;2,4H,1H3;/q;;;;;-2;. The van der Waals surface area contributed by atoms with Crippen LogP contribution in [0.25, 0.3) is 0 Å². The summed E-state index contributed by atoms with van der Waals surface area (Å²) in [6, 6.07) is 7.72. The number of rotatable bonds is 1. The number of pyridine rings is 1. The third-order valence-corrected chi connectivity index (χ3v) is 3.91. The third kappa shape index (κ3) is 27.4. The molecule has 0 saturated heterocycles. The van der Waals surface area contributed by atoms with Gasteiger partial charge >= 0.3 is 0 Å². The first-order valence-corrected chi connectivity index (χ1v) is 12.0. The Bertz CT molecular complexity index is 1030. The van der Waals surface area contributed by atoms with Gasteiger partial charge in [0, 0.05) is 88.5 Å². The summed E-state index contributed by atoms with van der Waals surface area (Å²) in [5.41, 5.74) is 5.52. The number of aromatic nitrogens is 7. The predicted molar refractivity (Wildman–Crippen MR) is 158 cm³/mol. The number of hydrogen-bond donors (Lipinski definition) is 0. The fourth-order valence-electron chi connectivity index (χ4n) is 2.09. The maximum Gasteiger partial charge on any atom is 0.115 e. The molecule has 0 fully saturated rings. The molecule has 1 aliphatic rings. The van der Waals surface area contributed by atoms with Crippen molar-refractivity contribution in [2.24, 2.45) is 9.98 Å². The fraction of sp³-hybridized carbons (Fsp3) is 0.233. The smallest absolute Gasteiger partial charge is 0.115 e. The van der Waals surface area contributed by atoms with Gasteiger partial charge in [-0.05, 0) is 69.5 Å². The Morgan fingerprint density at radius 2 is 1.48 bits per heavy atom. The molecule has 40 heavy (non-hydrogen) atoms. The van der Waals surface area contributed by atoms with Gasteiger partial charge in [0.2, 0.25) is 0 Å². The van der Waals surface area contributed by atoms with Crippen molar-refractivity contribution in [3.8, 4) is 0 Å². The largest absolute Gasteiger partial charge is 0.587 e. The Morgan fingerprint density at radius 3 is 1.70 bits per heavy atom. The van der Waals surface area contributed by atoms with Gasteiger partial charge in [-0.3, -0.25) is 19.9 Å². The van der Waals surface area contributed by atoms with Gasteiger partial charge in [0.25, 0.3) is 0 Å². The SMILES string of the molecule is CC1=CCN=C1.Cc1cccnc1.Cc1cccnn1.Cc1cnccn1.Cc1cncnc1.[CH-]=NC=[C-]C.[Y]. The molecular formula is C30H37N9Y-2. The van der Waals surface area contributed by atoms with Crippen molar-refractivity contribution in [3.05, 3.63) is 127 Å². The van der Waals surface area contributed by atoms with Crippen LogP contribution in [0.15, 0.2) is 108 Å². The molecule has 0 spiro atoms. The Hall–Kier alpha value is -3.69.